The van der Waals surface area contributed by atoms with Crippen molar-refractivity contribution in [2.75, 3.05) is 18.1 Å². The molecule has 0 spiro atoms. The van der Waals surface area contributed by atoms with E-state index in [-0.39, 0.29) is 29.9 Å². The number of aromatic nitrogens is 1. The van der Waals surface area contributed by atoms with Gasteiger partial charge in [-0.25, -0.2) is 13.4 Å². The second kappa shape index (κ2) is 7.92. The van der Waals surface area contributed by atoms with Gasteiger partial charge in [0.1, 0.15) is 5.76 Å². The van der Waals surface area contributed by atoms with Gasteiger partial charge in [0.05, 0.1) is 23.6 Å². The summed E-state index contributed by atoms with van der Waals surface area (Å²) in [7, 11) is -3.02. The number of carbonyl (C=O) groups excluding carboxylic acids is 1. The number of amides is 1. The van der Waals surface area contributed by atoms with Gasteiger partial charge >= 0.3 is 0 Å². The summed E-state index contributed by atoms with van der Waals surface area (Å²) in [5.74, 6) is 1.73. The number of furan rings is 1. The Morgan fingerprint density at radius 3 is 2.85 bits per heavy atom. The van der Waals surface area contributed by atoms with Crippen LogP contribution in [0.2, 0.25) is 0 Å². The lowest BCUT2D eigenvalue weighted by Crippen LogP contribution is -2.42. The Hall–Kier alpha value is -1.67. The monoisotopic (exact) mass is 396 g/mol. The van der Waals surface area contributed by atoms with Gasteiger partial charge in [0.2, 0.25) is 5.91 Å². The first-order valence-corrected chi connectivity index (χ1v) is 11.6. The fourth-order valence-corrected chi connectivity index (χ4v) is 5.68. The van der Waals surface area contributed by atoms with E-state index < -0.39 is 9.84 Å². The summed E-state index contributed by atoms with van der Waals surface area (Å²) in [6.07, 6.45) is 2.56. The zero-order valence-electron chi connectivity index (χ0n) is 15.1. The summed E-state index contributed by atoms with van der Waals surface area (Å²) >= 11 is 1.45. The zero-order valence-corrected chi connectivity index (χ0v) is 16.7. The molecule has 0 aliphatic carbocycles. The summed E-state index contributed by atoms with van der Waals surface area (Å²) in [5.41, 5.74) is 0.700. The molecule has 3 rings (SSSR count). The third kappa shape index (κ3) is 4.54. The molecule has 2 aromatic heterocycles. The molecule has 1 atom stereocenters. The molecule has 1 amide bonds. The van der Waals surface area contributed by atoms with Crippen LogP contribution in [0.4, 0.5) is 0 Å². The van der Waals surface area contributed by atoms with Crippen LogP contribution in [0.1, 0.15) is 37.6 Å². The predicted octanol–water partition coefficient (Wildman–Crippen LogP) is 3.07. The van der Waals surface area contributed by atoms with Crippen molar-refractivity contribution in [1.29, 1.82) is 0 Å². The standard InChI is InChI=1S/C18H24N2O4S2/c1-3-4-8-20(15-7-9-26(22,23)12-15)17(21)10-14-11-25-18(19-14)16-6-5-13(2)24-16/h5-6,11,15H,3-4,7-10,12H2,1-2H3. The summed E-state index contributed by atoms with van der Waals surface area (Å²) in [5, 5.41) is 2.62. The molecule has 8 heteroatoms. The second-order valence-corrected chi connectivity index (χ2v) is 9.82. The zero-order chi connectivity index (χ0) is 18.7. The average Bonchev–Trinajstić information content (AvgIpc) is 3.28. The number of hydrogen-bond donors (Lipinski definition) is 0. The first-order valence-electron chi connectivity index (χ1n) is 8.89. The molecule has 3 heterocycles. The Balaban J connectivity index is 1.70. The van der Waals surface area contributed by atoms with Gasteiger partial charge in [0.15, 0.2) is 20.6 Å². The number of thiazole rings is 1. The van der Waals surface area contributed by atoms with Crippen LogP contribution in [0, 0.1) is 6.92 Å². The molecule has 0 radical (unpaired) electrons. The molecule has 1 fully saturated rings. The first kappa shape index (κ1) is 19.1. The summed E-state index contributed by atoms with van der Waals surface area (Å²) < 4.78 is 29.2. The number of nitrogens with zero attached hydrogens (tertiary/aromatic N) is 2. The fourth-order valence-electron chi connectivity index (χ4n) is 3.17. The number of hydrogen-bond acceptors (Lipinski definition) is 6. The normalized spacial score (nSPS) is 18.9. The van der Waals surface area contributed by atoms with Crippen LogP contribution in [0.15, 0.2) is 21.9 Å². The van der Waals surface area contributed by atoms with Gasteiger partial charge in [0.25, 0.3) is 0 Å². The van der Waals surface area contributed by atoms with Crippen molar-refractivity contribution in [2.24, 2.45) is 0 Å². The largest absolute Gasteiger partial charge is 0.459 e. The van der Waals surface area contributed by atoms with Crippen LogP contribution in [0.3, 0.4) is 0 Å². The van der Waals surface area contributed by atoms with Crippen LogP contribution in [0.5, 0.6) is 0 Å². The maximum Gasteiger partial charge on any atom is 0.228 e. The van der Waals surface area contributed by atoms with Crippen LogP contribution >= 0.6 is 11.3 Å². The molecule has 0 N–H and O–H groups in total. The van der Waals surface area contributed by atoms with Gasteiger partial charge in [-0.3, -0.25) is 4.79 Å². The van der Waals surface area contributed by atoms with Gasteiger partial charge in [0, 0.05) is 18.0 Å². The topological polar surface area (TPSA) is 80.5 Å². The maximum absolute atomic E-state index is 12.8. The summed E-state index contributed by atoms with van der Waals surface area (Å²) in [4.78, 5) is 19.1. The molecule has 0 bridgehead atoms. The van der Waals surface area contributed by atoms with Crippen molar-refractivity contribution >= 4 is 27.1 Å². The van der Waals surface area contributed by atoms with Crippen molar-refractivity contribution < 1.29 is 17.6 Å². The minimum Gasteiger partial charge on any atom is -0.459 e. The summed E-state index contributed by atoms with van der Waals surface area (Å²) in [6.45, 7) is 4.54. The van der Waals surface area contributed by atoms with Crippen LogP contribution in [0.25, 0.3) is 10.8 Å². The van der Waals surface area contributed by atoms with E-state index in [0.29, 0.717) is 24.4 Å². The molecule has 1 aliphatic heterocycles. The van der Waals surface area contributed by atoms with Crippen molar-refractivity contribution in [3.05, 3.63) is 29.0 Å². The van der Waals surface area contributed by atoms with E-state index in [0.717, 1.165) is 23.6 Å². The van der Waals surface area contributed by atoms with Gasteiger partial charge < -0.3 is 9.32 Å². The van der Waals surface area contributed by atoms with E-state index >= 15 is 0 Å². The Labute approximate surface area is 158 Å². The minimum absolute atomic E-state index is 0.0481. The molecule has 1 unspecified atom stereocenters. The Morgan fingerprint density at radius 1 is 1.42 bits per heavy atom. The highest BCUT2D eigenvalue weighted by Crippen LogP contribution is 2.26. The number of carbonyl (C=O) groups is 1. The number of unbranched alkanes of at least 4 members (excludes halogenated alkanes) is 1. The minimum atomic E-state index is -3.02. The molecule has 0 saturated carbocycles. The number of sulfone groups is 1. The second-order valence-electron chi connectivity index (χ2n) is 6.73. The van der Waals surface area contributed by atoms with E-state index in [1.54, 1.807) is 4.90 Å². The molecule has 142 valence electrons. The van der Waals surface area contributed by atoms with Crippen molar-refractivity contribution in [3.63, 3.8) is 0 Å². The van der Waals surface area contributed by atoms with Crippen LogP contribution < -0.4 is 0 Å². The van der Waals surface area contributed by atoms with E-state index in [4.69, 9.17) is 4.42 Å². The van der Waals surface area contributed by atoms with Gasteiger partial charge in [-0.1, -0.05) is 13.3 Å². The van der Waals surface area contributed by atoms with Crippen molar-refractivity contribution in [3.8, 4) is 10.8 Å². The molecule has 6 nitrogen and oxygen atoms in total. The highest BCUT2D eigenvalue weighted by molar-refractivity contribution is 7.91. The van der Waals surface area contributed by atoms with E-state index in [1.807, 2.05) is 24.4 Å². The SMILES string of the molecule is CCCCN(C(=O)Cc1csc(-c2ccc(C)o2)n1)C1CCS(=O)(=O)C1. The van der Waals surface area contributed by atoms with Gasteiger partial charge in [-0.15, -0.1) is 11.3 Å². The lowest BCUT2D eigenvalue weighted by Gasteiger charge is -2.28. The fraction of sp³-hybridized carbons (Fsp3) is 0.556. The third-order valence-corrected chi connectivity index (χ3v) is 7.21. The summed E-state index contributed by atoms with van der Waals surface area (Å²) in [6, 6.07) is 3.55. The molecule has 2 aromatic rings. The maximum atomic E-state index is 12.8. The van der Waals surface area contributed by atoms with Crippen LogP contribution in [-0.2, 0) is 21.1 Å². The van der Waals surface area contributed by atoms with Gasteiger partial charge in [-0.05, 0) is 31.9 Å². The Bertz CT molecular complexity index is 869. The average molecular weight is 397 g/mol. The predicted molar refractivity (Wildman–Crippen MR) is 102 cm³/mol. The molecule has 1 aliphatic rings. The van der Waals surface area contributed by atoms with E-state index in [1.165, 1.54) is 11.3 Å². The van der Waals surface area contributed by atoms with Crippen molar-refractivity contribution in [1.82, 2.24) is 9.88 Å². The quantitative estimate of drug-likeness (QED) is 0.718. The molecular formula is C18H24N2O4S2. The first-order chi connectivity index (χ1) is 12.4. The lowest BCUT2D eigenvalue weighted by molar-refractivity contribution is -0.132. The number of aryl methyl sites for hydroxylation is 1. The van der Waals surface area contributed by atoms with Gasteiger partial charge in [-0.2, -0.15) is 0 Å². The highest BCUT2D eigenvalue weighted by atomic mass is 32.2. The Kier molecular flexibility index (Phi) is 5.82. The third-order valence-electron chi connectivity index (χ3n) is 4.56. The molecular weight excluding hydrogens is 372 g/mol. The van der Waals surface area contributed by atoms with E-state index in [9.17, 15) is 13.2 Å². The molecule has 0 aromatic carbocycles. The number of rotatable bonds is 7. The Morgan fingerprint density at radius 2 is 2.23 bits per heavy atom. The lowest BCUT2D eigenvalue weighted by atomic mass is 10.1. The highest BCUT2D eigenvalue weighted by Gasteiger charge is 2.34. The van der Waals surface area contributed by atoms with Crippen LogP contribution in [-0.4, -0.2) is 48.3 Å². The van der Waals surface area contributed by atoms with E-state index in [2.05, 4.69) is 11.9 Å². The smallest absolute Gasteiger partial charge is 0.228 e. The molecule has 1 saturated heterocycles. The molecule has 26 heavy (non-hydrogen) atoms. The van der Waals surface area contributed by atoms with Crippen molar-refractivity contribution in [2.45, 2.75) is 45.6 Å².